The van der Waals surface area contributed by atoms with Crippen LogP contribution in [0, 0.1) is 16.7 Å². The Morgan fingerprint density at radius 1 is 1.05 bits per heavy atom. The van der Waals surface area contributed by atoms with E-state index in [0.29, 0.717) is 25.3 Å². The zero-order chi connectivity index (χ0) is 42.7. The molecule has 2 N–H and O–H groups in total. The van der Waals surface area contributed by atoms with E-state index in [1.807, 2.05) is 4.72 Å². The van der Waals surface area contributed by atoms with E-state index in [0.717, 1.165) is 11.0 Å². The summed E-state index contributed by atoms with van der Waals surface area (Å²) in [4.78, 5) is 65.6. The second kappa shape index (κ2) is 15.7. The van der Waals surface area contributed by atoms with Crippen molar-refractivity contribution in [3.8, 4) is 5.88 Å². The predicted octanol–water partition coefficient (Wildman–Crippen LogP) is 4.35. The van der Waals surface area contributed by atoms with E-state index in [1.165, 1.54) is 13.0 Å². The van der Waals surface area contributed by atoms with E-state index in [-0.39, 0.29) is 43.4 Å². The molecular weight excluding hydrogens is 803 g/mol. The topological polar surface area (TPSA) is 183 Å². The number of amides is 2. The highest BCUT2D eigenvalue weighted by atomic mass is 32.2. The molecule has 2 amide bonds. The highest BCUT2D eigenvalue weighted by molar-refractivity contribution is 7.91. The first-order valence-electron chi connectivity index (χ1n) is 19.9. The second-order valence-corrected chi connectivity index (χ2v) is 19.9. The molecule has 19 heteroatoms. The van der Waals surface area contributed by atoms with E-state index in [4.69, 9.17) is 14.2 Å². The normalized spacial score (nSPS) is 31.5. The first-order valence-corrected chi connectivity index (χ1v) is 21.3. The fraction of sp³-hybridized carbons (Fsp3) is 0.650. The van der Waals surface area contributed by atoms with Gasteiger partial charge in [-0.25, -0.2) is 27.2 Å². The van der Waals surface area contributed by atoms with Gasteiger partial charge in [-0.1, -0.05) is 39.0 Å². The van der Waals surface area contributed by atoms with Crippen molar-refractivity contribution in [2.24, 2.45) is 16.7 Å². The minimum Gasteiger partial charge on any atom is -0.471 e. The molecule has 3 aliphatic carbocycles. The Balaban J connectivity index is 1.25. The van der Waals surface area contributed by atoms with E-state index < -0.39 is 129 Å². The minimum absolute atomic E-state index is 0.142. The van der Waals surface area contributed by atoms with E-state index in [9.17, 15) is 36.4 Å². The Hall–Kier alpha value is -4.23. The van der Waals surface area contributed by atoms with Gasteiger partial charge in [0.25, 0.3) is 0 Å². The Morgan fingerprint density at radius 3 is 2.37 bits per heavy atom. The maximum atomic E-state index is 16.1. The summed E-state index contributed by atoms with van der Waals surface area (Å²) >= 11 is 0. The number of nitrogens with one attached hydrogen (secondary N) is 2. The molecule has 4 fully saturated rings. The number of hydrogen-bond donors (Lipinski definition) is 2. The van der Waals surface area contributed by atoms with Crippen molar-refractivity contribution < 1.29 is 59.4 Å². The van der Waals surface area contributed by atoms with Gasteiger partial charge in [0.2, 0.25) is 34.1 Å². The fourth-order valence-corrected chi connectivity index (χ4v) is 9.63. The molecule has 14 nitrogen and oxygen atoms in total. The molecule has 59 heavy (non-hydrogen) atoms. The molecule has 7 atom stereocenters. The van der Waals surface area contributed by atoms with Crippen molar-refractivity contribution >= 4 is 44.6 Å². The van der Waals surface area contributed by atoms with Gasteiger partial charge in [-0.2, -0.15) is 8.78 Å². The number of carbonyl (C=O) groups is 4. The number of ketones is 1. The molecule has 2 aromatic rings. The Labute approximate surface area is 339 Å². The highest BCUT2D eigenvalue weighted by Crippen LogP contribution is 2.59. The zero-order valence-corrected chi connectivity index (χ0v) is 34.0. The molecular formula is C40H49F4N5O9S. The van der Waals surface area contributed by atoms with Gasteiger partial charge in [-0.05, 0) is 69.1 Å². The van der Waals surface area contributed by atoms with Crippen LogP contribution in [0.25, 0.3) is 11.0 Å². The summed E-state index contributed by atoms with van der Waals surface area (Å²) < 4.78 is 105. The van der Waals surface area contributed by atoms with Crippen LogP contribution in [0.2, 0.25) is 0 Å². The van der Waals surface area contributed by atoms with Gasteiger partial charge < -0.3 is 19.1 Å². The third-order valence-electron chi connectivity index (χ3n) is 12.2. The smallest absolute Gasteiger partial charge is 0.320 e. The number of alkyl halides is 4. The quantitative estimate of drug-likeness (QED) is 0.229. The molecule has 1 aromatic heterocycles. The highest BCUT2D eigenvalue weighted by Gasteiger charge is 2.67. The zero-order valence-electron chi connectivity index (χ0n) is 33.2. The van der Waals surface area contributed by atoms with E-state index in [2.05, 4.69) is 15.3 Å². The summed E-state index contributed by atoms with van der Waals surface area (Å²) in [7, 11) is -4.26. The Kier molecular flexibility index (Phi) is 11.4. The molecule has 1 aromatic carbocycles. The third-order valence-corrected chi connectivity index (χ3v) is 14.4. The number of nitrogens with zero attached hydrogens (tertiary/aromatic N) is 3. The van der Waals surface area contributed by atoms with Gasteiger partial charge in [0.05, 0.1) is 59.1 Å². The van der Waals surface area contributed by atoms with Gasteiger partial charge in [-0.15, -0.1) is 0 Å². The van der Waals surface area contributed by atoms with Crippen molar-refractivity contribution in [3.05, 3.63) is 42.1 Å². The van der Waals surface area contributed by atoms with Crippen LogP contribution in [0.15, 0.2) is 36.4 Å². The average molecular weight is 852 g/mol. The van der Waals surface area contributed by atoms with Gasteiger partial charge in [0, 0.05) is 18.8 Å². The predicted molar refractivity (Wildman–Crippen MR) is 203 cm³/mol. The van der Waals surface area contributed by atoms with Crippen LogP contribution in [-0.2, 0) is 44.6 Å². The van der Waals surface area contributed by atoms with E-state index in [1.54, 1.807) is 39.0 Å². The standard InChI is InChI=1S/C40H49F4N5O9S/c1-37(2,3)32-35(52)49-21-22(17-26(49)27(50)19-39(18-23(39)33(41)42)36(53)48-59(54,55)38(4)14-15-38)57-34-31(46-24-9-5-6-10-25(24)47-34)40(43,44)13-8-16-56-28-11-7-12-29(28)58-30(51)20-45-32/h5-6,8-10,13,22-23,26,28-29,32-33,45H,7,11-12,14-21H2,1-4H3,(H,48,53)/b13-8+/t22-,23+,26+,28-,29-,32-,39-/m1/s1. The summed E-state index contributed by atoms with van der Waals surface area (Å²) in [5, 5.41) is 2.97. The molecule has 5 aliphatic rings. The molecule has 2 aliphatic heterocycles. The van der Waals surface area contributed by atoms with Gasteiger partial charge >= 0.3 is 11.9 Å². The molecule has 0 unspecified atom stereocenters. The molecule has 322 valence electrons. The van der Waals surface area contributed by atoms with Crippen LogP contribution in [0.3, 0.4) is 0 Å². The molecule has 0 radical (unpaired) electrons. The maximum absolute atomic E-state index is 16.1. The molecule has 2 bridgehead atoms. The molecule has 3 saturated carbocycles. The number of rotatable bonds is 7. The number of fused-ring (bicyclic) bond motifs is 5. The number of carbonyl (C=O) groups excluding carboxylic acids is 4. The first kappa shape index (κ1) is 42.9. The lowest BCUT2D eigenvalue weighted by Crippen LogP contribution is -2.56. The summed E-state index contributed by atoms with van der Waals surface area (Å²) in [5.74, 6) is -9.43. The number of hydrogen-bond acceptors (Lipinski definition) is 12. The van der Waals surface area contributed by atoms with Crippen LogP contribution >= 0.6 is 0 Å². The molecule has 3 heterocycles. The van der Waals surface area contributed by atoms with Crippen LogP contribution in [0.1, 0.15) is 84.8 Å². The fourth-order valence-electron chi connectivity index (χ4n) is 8.30. The van der Waals surface area contributed by atoms with Gasteiger partial charge in [-0.3, -0.25) is 29.2 Å². The molecule has 7 rings (SSSR count). The van der Waals surface area contributed by atoms with Crippen molar-refractivity contribution in [2.45, 2.75) is 127 Å². The van der Waals surface area contributed by atoms with Crippen molar-refractivity contribution in [1.82, 2.24) is 24.9 Å². The number of para-hydroxylation sites is 2. The lowest BCUT2D eigenvalue weighted by Gasteiger charge is -2.35. The van der Waals surface area contributed by atoms with Crippen molar-refractivity contribution in [2.75, 3.05) is 19.7 Å². The minimum atomic E-state index is -4.26. The first-order chi connectivity index (χ1) is 27.6. The lowest BCUT2D eigenvalue weighted by molar-refractivity contribution is -0.154. The number of Topliss-reactive ketones (excluding diaryl/α,β-unsaturated/α-hetero) is 1. The van der Waals surface area contributed by atoms with Gasteiger partial charge in [0.1, 0.15) is 12.2 Å². The number of benzene rings is 1. The number of halogens is 4. The third kappa shape index (κ3) is 8.69. The summed E-state index contributed by atoms with van der Waals surface area (Å²) in [5.41, 5.74) is -3.48. The number of aromatic nitrogens is 2. The lowest BCUT2D eigenvalue weighted by atomic mass is 9.85. The average Bonchev–Trinajstić information content (AvgIpc) is 3.98. The van der Waals surface area contributed by atoms with Gasteiger partial charge in [0.15, 0.2) is 11.5 Å². The summed E-state index contributed by atoms with van der Waals surface area (Å²) in [6.07, 6.45) is -3.20. The molecule has 0 spiro atoms. The van der Waals surface area contributed by atoms with Crippen LogP contribution in [-0.4, -0.2) is 108 Å². The second-order valence-electron chi connectivity index (χ2n) is 17.7. The summed E-state index contributed by atoms with van der Waals surface area (Å²) in [6, 6.07) is 3.69. The number of esters is 1. The van der Waals surface area contributed by atoms with E-state index >= 15 is 8.78 Å². The number of sulfonamides is 1. The van der Waals surface area contributed by atoms with Crippen molar-refractivity contribution in [3.63, 3.8) is 0 Å². The van der Waals surface area contributed by atoms with Crippen LogP contribution in [0.5, 0.6) is 5.88 Å². The largest absolute Gasteiger partial charge is 0.471 e. The summed E-state index contributed by atoms with van der Waals surface area (Å²) in [6.45, 7) is 5.55. The monoisotopic (exact) mass is 851 g/mol. The van der Waals surface area contributed by atoms with Crippen molar-refractivity contribution in [1.29, 1.82) is 0 Å². The van der Waals surface area contributed by atoms with Crippen LogP contribution in [0.4, 0.5) is 17.6 Å². The number of ether oxygens (including phenoxy) is 3. The Bertz CT molecular complexity index is 2150. The Morgan fingerprint density at radius 2 is 1.73 bits per heavy atom. The van der Waals surface area contributed by atoms with Crippen LogP contribution < -0.4 is 14.8 Å². The number of allylic oxidation sites excluding steroid dienone is 1. The molecule has 1 saturated heterocycles. The SMILES string of the molecule is CC(C)(C)[C@@H]1NCC(=O)O[C@@H]2CCC[C@H]2OC/C=C/C(F)(F)c2nc3ccccc3nc2O[C@@H]2C[C@@H](C(=O)C[C@]3(C(=O)NS(=O)(=O)C4(C)CC4)C[C@H]3C(F)F)N(C2)C1=O. The maximum Gasteiger partial charge on any atom is 0.320 e.